The Balaban J connectivity index is 2.70. The van der Waals surface area contributed by atoms with Crippen molar-refractivity contribution in [3.63, 3.8) is 0 Å². The van der Waals surface area contributed by atoms with Crippen LogP contribution in [-0.4, -0.2) is 18.0 Å². The van der Waals surface area contributed by atoms with Crippen LogP contribution in [0.3, 0.4) is 0 Å². The number of hydrogen-bond donors (Lipinski definition) is 2. The van der Waals surface area contributed by atoms with Gasteiger partial charge in [0.15, 0.2) is 0 Å². The minimum atomic E-state index is -0.407. The molecule has 1 aromatic rings. The van der Waals surface area contributed by atoms with E-state index in [0.29, 0.717) is 17.1 Å². The molecule has 16 heavy (non-hydrogen) atoms. The molecule has 1 rings (SSSR count). The quantitative estimate of drug-likeness (QED) is 0.821. The molecule has 88 valence electrons. The van der Waals surface area contributed by atoms with Gasteiger partial charge < -0.3 is 11.1 Å². The van der Waals surface area contributed by atoms with Crippen LogP contribution in [0.15, 0.2) is 18.2 Å². The van der Waals surface area contributed by atoms with E-state index in [-0.39, 0.29) is 5.91 Å². The summed E-state index contributed by atoms with van der Waals surface area (Å²) in [5.41, 5.74) is 5.97. The lowest BCUT2D eigenvalue weighted by molar-refractivity contribution is 0.0946. The molecule has 0 aliphatic carbocycles. The molecule has 0 spiro atoms. The predicted molar refractivity (Wildman–Crippen MR) is 74.8 cm³/mol. The molecule has 0 radical (unpaired) electrons. The molecule has 3 nitrogen and oxygen atoms in total. The molecule has 5 heteroatoms. The third kappa shape index (κ3) is 4.27. The molecule has 0 saturated heterocycles. The highest BCUT2D eigenvalue weighted by Crippen LogP contribution is 2.19. The Kier molecular flexibility index (Phi) is 4.58. The minimum Gasteiger partial charge on any atom is -0.350 e. The van der Waals surface area contributed by atoms with Crippen molar-refractivity contribution in [3.05, 3.63) is 32.4 Å². The average Bonchev–Trinajstić information content (AvgIpc) is 2.17. The molecule has 0 aromatic heterocycles. The van der Waals surface area contributed by atoms with E-state index in [2.05, 4.69) is 27.9 Å². The Morgan fingerprint density at radius 3 is 2.69 bits per heavy atom. The van der Waals surface area contributed by atoms with Gasteiger partial charge in [0.25, 0.3) is 5.91 Å². The average molecular weight is 353 g/mol. The Morgan fingerprint density at radius 1 is 1.56 bits per heavy atom. The van der Waals surface area contributed by atoms with Crippen LogP contribution in [-0.2, 0) is 0 Å². The molecule has 0 unspecified atom stereocenters. The second-order valence-corrected chi connectivity index (χ2v) is 5.87. The van der Waals surface area contributed by atoms with Crippen molar-refractivity contribution in [1.29, 1.82) is 0 Å². The van der Waals surface area contributed by atoms with Crippen LogP contribution in [0.2, 0.25) is 5.02 Å². The normalized spacial score (nSPS) is 11.3. The molecule has 0 aliphatic heterocycles. The number of rotatable bonds is 3. The lowest BCUT2D eigenvalue weighted by atomic mass is 10.1. The number of nitrogens with one attached hydrogen (secondary N) is 1. The summed E-state index contributed by atoms with van der Waals surface area (Å²) in [6.45, 7) is 4.16. The maximum absolute atomic E-state index is 11.7. The zero-order valence-corrected chi connectivity index (χ0v) is 12.1. The van der Waals surface area contributed by atoms with Gasteiger partial charge in [-0.3, -0.25) is 4.79 Å². The van der Waals surface area contributed by atoms with E-state index in [4.69, 9.17) is 17.3 Å². The summed E-state index contributed by atoms with van der Waals surface area (Å²) >= 11 is 7.97. The smallest absolute Gasteiger partial charge is 0.251 e. The first-order chi connectivity index (χ1) is 7.29. The third-order valence-electron chi connectivity index (χ3n) is 1.89. The summed E-state index contributed by atoms with van der Waals surface area (Å²) < 4.78 is 0.860. The molecule has 1 aromatic carbocycles. The highest BCUT2D eigenvalue weighted by Gasteiger charge is 2.13. The van der Waals surface area contributed by atoms with Crippen molar-refractivity contribution >= 4 is 40.1 Å². The van der Waals surface area contributed by atoms with E-state index in [1.165, 1.54) is 0 Å². The van der Waals surface area contributed by atoms with Gasteiger partial charge in [0.1, 0.15) is 0 Å². The molecule has 0 fully saturated rings. The highest BCUT2D eigenvalue weighted by molar-refractivity contribution is 14.1. The minimum absolute atomic E-state index is 0.131. The number of amides is 1. The first kappa shape index (κ1) is 13.7. The molecule has 0 aliphatic rings. The van der Waals surface area contributed by atoms with Crippen molar-refractivity contribution in [2.75, 3.05) is 6.54 Å². The molecular formula is C11H14ClIN2O. The molecule has 0 saturated carbocycles. The molecule has 1 amide bonds. The van der Waals surface area contributed by atoms with Crippen molar-refractivity contribution < 1.29 is 4.79 Å². The predicted octanol–water partition coefficient (Wildman–Crippen LogP) is 2.41. The monoisotopic (exact) mass is 352 g/mol. The van der Waals surface area contributed by atoms with E-state index in [9.17, 15) is 4.79 Å². The fraction of sp³-hybridized carbons (Fsp3) is 0.364. The number of carbonyl (C=O) groups is 1. The van der Waals surface area contributed by atoms with Gasteiger partial charge in [-0.05, 0) is 54.6 Å². The van der Waals surface area contributed by atoms with Crippen LogP contribution < -0.4 is 11.1 Å². The van der Waals surface area contributed by atoms with Gasteiger partial charge in [0.05, 0.1) is 5.02 Å². The number of hydrogen-bond acceptors (Lipinski definition) is 2. The number of carbonyl (C=O) groups excluding carboxylic acids is 1. The van der Waals surface area contributed by atoms with Gasteiger partial charge in [0, 0.05) is 21.2 Å². The van der Waals surface area contributed by atoms with Crippen LogP contribution >= 0.6 is 34.2 Å². The summed E-state index contributed by atoms with van der Waals surface area (Å²) in [7, 11) is 0. The molecule has 0 atom stereocenters. The van der Waals surface area contributed by atoms with Gasteiger partial charge in [-0.15, -0.1) is 0 Å². The maximum atomic E-state index is 11.7. The maximum Gasteiger partial charge on any atom is 0.251 e. The third-order valence-corrected chi connectivity index (χ3v) is 3.43. The van der Waals surface area contributed by atoms with Crippen molar-refractivity contribution in [1.82, 2.24) is 5.32 Å². The standard InChI is InChI=1S/C11H14ClIN2O/c1-11(2,14)6-15-10(16)7-3-4-8(12)9(13)5-7/h3-5H,6,14H2,1-2H3,(H,15,16). The van der Waals surface area contributed by atoms with Crippen molar-refractivity contribution in [2.24, 2.45) is 5.73 Å². The summed E-state index contributed by atoms with van der Waals surface area (Å²) in [4.78, 5) is 11.7. The summed E-state index contributed by atoms with van der Waals surface area (Å²) in [5, 5.41) is 3.42. The van der Waals surface area contributed by atoms with Crippen LogP contribution in [0.25, 0.3) is 0 Å². The number of nitrogens with two attached hydrogens (primary N) is 1. The molecule has 3 N–H and O–H groups in total. The van der Waals surface area contributed by atoms with Crippen molar-refractivity contribution in [2.45, 2.75) is 19.4 Å². The van der Waals surface area contributed by atoms with E-state index in [1.807, 2.05) is 13.8 Å². The van der Waals surface area contributed by atoms with Crippen molar-refractivity contribution in [3.8, 4) is 0 Å². The van der Waals surface area contributed by atoms with E-state index < -0.39 is 5.54 Å². The molecule has 0 heterocycles. The summed E-state index contributed by atoms with van der Waals surface area (Å²) in [5.74, 6) is -0.131. The lowest BCUT2D eigenvalue weighted by Crippen LogP contribution is -2.45. The van der Waals surface area contributed by atoms with Crippen LogP contribution in [0.5, 0.6) is 0 Å². The Hall–Kier alpha value is -0.330. The van der Waals surface area contributed by atoms with Gasteiger partial charge >= 0.3 is 0 Å². The van der Waals surface area contributed by atoms with E-state index in [0.717, 1.165) is 3.57 Å². The van der Waals surface area contributed by atoms with E-state index >= 15 is 0 Å². The van der Waals surface area contributed by atoms with Crippen LogP contribution in [0, 0.1) is 3.57 Å². The fourth-order valence-electron chi connectivity index (χ4n) is 1.05. The first-order valence-electron chi connectivity index (χ1n) is 4.82. The molecular weight excluding hydrogens is 338 g/mol. The highest BCUT2D eigenvalue weighted by atomic mass is 127. The second-order valence-electron chi connectivity index (χ2n) is 4.30. The SMILES string of the molecule is CC(C)(N)CNC(=O)c1ccc(Cl)c(I)c1. The summed E-state index contributed by atoms with van der Waals surface area (Å²) in [6, 6.07) is 5.16. The van der Waals surface area contributed by atoms with Gasteiger partial charge in [0.2, 0.25) is 0 Å². The topological polar surface area (TPSA) is 55.1 Å². The lowest BCUT2D eigenvalue weighted by Gasteiger charge is -2.18. The largest absolute Gasteiger partial charge is 0.350 e. The zero-order valence-electron chi connectivity index (χ0n) is 9.18. The molecule has 0 bridgehead atoms. The Morgan fingerprint density at radius 2 is 2.19 bits per heavy atom. The van der Waals surface area contributed by atoms with Crippen LogP contribution in [0.4, 0.5) is 0 Å². The zero-order chi connectivity index (χ0) is 12.3. The van der Waals surface area contributed by atoms with Gasteiger partial charge in [-0.2, -0.15) is 0 Å². The fourth-order valence-corrected chi connectivity index (χ4v) is 1.68. The Labute approximate surface area is 114 Å². The van der Waals surface area contributed by atoms with Crippen LogP contribution in [0.1, 0.15) is 24.2 Å². The van der Waals surface area contributed by atoms with E-state index in [1.54, 1.807) is 18.2 Å². The Bertz CT molecular complexity index is 401. The number of benzene rings is 1. The van der Waals surface area contributed by atoms with Gasteiger partial charge in [-0.25, -0.2) is 0 Å². The van der Waals surface area contributed by atoms with Gasteiger partial charge in [-0.1, -0.05) is 11.6 Å². The number of halogens is 2. The second kappa shape index (κ2) is 5.33. The first-order valence-corrected chi connectivity index (χ1v) is 6.27. The summed E-state index contributed by atoms with van der Waals surface area (Å²) in [6.07, 6.45) is 0.